The van der Waals surface area contributed by atoms with E-state index < -0.39 is 0 Å². The second-order valence-electron chi connectivity index (χ2n) is 3.87. The quantitative estimate of drug-likeness (QED) is 0.670. The summed E-state index contributed by atoms with van der Waals surface area (Å²) in [4.78, 5) is 0. The van der Waals surface area contributed by atoms with Crippen molar-refractivity contribution in [3.8, 4) is 0 Å². The van der Waals surface area contributed by atoms with Crippen molar-refractivity contribution in [2.45, 2.75) is 32.6 Å². The van der Waals surface area contributed by atoms with Crippen molar-refractivity contribution in [3.63, 3.8) is 0 Å². The Kier molecular flexibility index (Phi) is 2.93. The second kappa shape index (κ2) is 4.18. The summed E-state index contributed by atoms with van der Waals surface area (Å²) in [5.41, 5.74) is 4.20. The first-order valence-corrected chi connectivity index (χ1v) is 5.66. The fourth-order valence-electron chi connectivity index (χ4n) is 2.05. The molecule has 1 heteroatoms. The van der Waals surface area contributed by atoms with Crippen LogP contribution in [0, 0.1) is 0 Å². The normalized spacial score (nSPS) is 14.9. The average molecular weight is 207 g/mol. The van der Waals surface area contributed by atoms with Gasteiger partial charge < -0.3 is 0 Å². The van der Waals surface area contributed by atoms with E-state index in [1.165, 1.54) is 30.4 Å². The largest absolute Gasteiger partial charge is 0.0837 e. The molecular weight excluding hydrogens is 192 g/mol. The molecule has 1 aromatic rings. The summed E-state index contributed by atoms with van der Waals surface area (Å²) in [7, 11) is 0. The van der Waals surface area contributed by atoms with Crippen molar-refractivity contribution in [2.24, 2.45) is 0 Å². The van der Waals surface area contributed by atoms with E-state index in [9.17, 15) is 0 Å². The number of benzene rings is 1. The van der Waals surface area contributed by atoms with Crippen molar-refractivity contribution in [2.75, 3.05) is 0 Å². The minimum atomic E-state index is 0.899. The van der Waals surface area contributed by atoms with Crippen LogP contribution in [0.3, 0.4) is 0 Å². The third kappa shape index (κ3) is 1.85. The van der Waals surface area contributed by atoms with Crippen LogP contribution >= 0.6 is 11.6 Å². The zero-order valence-corrected chi connectivity index (χ0v) is 9.27. The molecule has 1 aromatic carbocycles. The molecule has 0 bridgehead atoms. The zero-order chi connectivity index (χ0) is 9.97. The van der Waals surface area contributed by atoms with Crippen molar-refractivity contribution < 1.29 is 0 Å². The van der Waals surface area contributed by atoms with Gasteiger partial charge in [-0.05, 0) is 36.5 Å². The lowest BCUT2D eigenvalue weighted by Gasteiger charge is -2.16. The lowest BCUT2D eigenvalue weighted by molar-refractivity contribution is 0.814. The Bertz CT molecular complexity index is 363. The minimum absolute atomic E-state index is 0.899. The fourth-order valence-corrected chi connectivity index (χ4v) is 2.30. The lowest BCUT2D eigenvalue weighted by Crippen LogP contribution is -1.99. The maximum absolute atomic E-state index is 6.16. The molecule has 0 N–H and O–H groups in total. The first-order chi connectivity index (χ1) is 6.81. The van der Waals surface area contributed by atoms with Gasteiger partial charge >= 0.3 is 0 Å². The Morgan fingerprint density at radius 3 is 2.93 bits per heavy atom. The Balaban J connectivity index is 2.37. The maximum atomic E-state index is 6.16. The molecule has 2 rings (SSSR count). The van der Waals surface area contributed by atoms with E-state index in [2.05, 4.69) is 19.1 Å². The zero-order valence-electron chi connectivity index (χ0n) is 8.52. The standard InChI is InChI=1S/C13H15Cl/c1-2-4-10-7-8-11-5-3-6-13(14)12(11)9-10/h3,5-6,9H,2,4,7-8H2,1H3. The van der Waals surface area contributed by atoms with E-state index >= 15 is 0 Å². The molecular formula is C13H15Cl. The molecule has 0 heterocycles. The summed E-state index contributed by atoms with van der Waals surface area (Å²) in [6, 6.07) is 6.20. The van der Waals surface area contributed by atoms with Crippen LogP contribution in [0.2, 0.25) is 5.02 Å². The van der Waals surface area contributed by atoms with Crippen LogP contribution in [0.25, 0.3) is 6.08 Å². The topological polar surface area (TPSA) is 0 Å². The predicted octanol–water partition coefficient (Wildman–Crippen LogP) is 4.47. The number of hydrogen-bond donors (Lipinski definition) is 0. The Labute approximate surface area is 90.6 Å². The number of halogens is 1. The molecule has 0 atom stereocenters. The molecule has 0 aliphatic heterocycles. The van der Waals surface area contributed by atoms with Gasteiger partial charge in [-0.25, -0.2) is 0 Å². The molecule has 0 saturated carbocycles. The Morgan fingerprint density at radius 1 is 1.29 bits per heavy atom. The number of hydrogen-bond acceptors (Lipinski definition) is 0. The van der Waals surface area contributed by atoms with Gasteiger partial charge in [0.2, 0.25) is 0 Å². The second-order valence-corrected chi connectivity index (χ2v) is 4.27. The van der Waals surface area contributed by atoms with Gasteiger partial charge in [-0.15, -0.1) is 0 Å². The summed E-state index contributed by atoms with van der Waals surface area (Å²) in [5.74, 6) is 0. The molecule has 74 valence electrons. The van der Waals surface area contributed by atoms with E-state index in [0.29, 0.717) is 0 Å². The summed E-state index contributed by atoms with van der Waals surface area (Å²) in [6.07, 6.45) is 7.09. The molecule has 0 fully saturated rings. The average Bonchev–Trinajstić information content (AvgIpc) is 2.20. The lowest BCUT2D eigenvalue weighted by atomic mass is 9.90. The first-order valence-electron chi connectivity index (χ1n) is 5.28. The van der Waals surface area contributed by atoms with Crippen LogP contribution in [0.5, 0.6) is 0 Å². The number of aryl methyl sites for hydroxylation is 1. The molecule has 0 aromatic heterocycles. The van der Waals surface area contributed by atoms with Gasteiger partial charge in [-0.1, -0.05) is 48.7 Å². The highest BCUT2D eigenvalue weighted by atomic mass is 35.5. The molecule has 0 radical (unpaired) electrons. The van der Waals surface area contributed by atoms with Crippen LogP contribution in [0.4, 0.5) is 0 Å². The van der Waals surface area contributed by atoms with E-state index in [0.717, 1.165) is 11.4 Å². The summed E-state index contributed by atoms with van der Waals surface area (Å²) < 4.78 is 0. The summed E-state index contributed by atoms with van der Waals surface area (Å²) >= 11 is 6.16. The Hall–Kier alpha value is -0.750. The monoisotopic (exact) mass is 206 g/mol. The molecule has 1 aliphatic carbocycles. The number of allylic oxidation sites excluding steroid dienone is 1. The molecule has 0 amide bonds. The molecule has 0 saturated heterocycles. The highest BCUT2D eigenvalue weighted by Crippen LogP contribution is 2.30. The van der Waals surface area contributed by atoms with Crippen molar-refractivity contribution in [1.29, 1.82) is 0 Å². The SMILES string of the molecule is CCCC1=Cc2c(Cl)cccc2CC1. The minimum Gasteiger partial charge on any atom is -0.0837 e. The third-order valence-corrected chi connectivity index (χ3v) is 3.11. The van der Waals surface area contributed by atoms with Gasteiger partial charge in [0.05, 0.1) is 0 Å². The van der Waals surface area contributed by atoms with Crippen LogP contribution in [-0.2, 0) is 6.42 Å². The van der Waals surface area contributed by atoms with Gasteiger partial charge in [0, 0.05) is 5.02 Å². The third-order valence-electron chi connectivity index (χ3n) is 2.78. The van der Waals surface area contributed by atoms with Crippen LogP contribution in [0.15, 0.2) is 23.8 Å². The maximum Gasteiger partial charge on any atom is 0.0481 e. The van der Waals surface area contributed by atoms with Gasteiger partial charge in [0.15, 0.2) is 0 Å². The fraction of sp³-hybridized carbons (Fsp3) is 0.385. The predicted molar refractivity (Wildman–Crippen MR) is 62.7 cm³/mol. The Morgan fingerprint density at radius 2 is 2.14 bits per heavy atom. The molecule has 14 heavy (non-hydrogen) atoms. The first kappa shape index (κ1) is 9.79. The number of rotatable bonds is 2. The molecule has 0 spiro atoms. The van der Waals surface area contributed by atoms with Crippen molar-refractivity contribution in [3.05, 3.63) is 39.9 Å². The van der Waals surface area contributed by atoms with Crippen molar-refractivity contribution >= 4 is 17.7 Å². The highest BCUT2D eigenvalue weighted by Gasteiger charge is 2.11. The summed E-state index contributed by atoms with van der Waals surface area (Å²) in [6.45, 7) is 2.23. The summed E-state index contributed by atoms with van der Waals surface area (Å²) in [5, 5.41) is 0.899. The molecule has 1 aliphatic rings. The molecule has 0 nitrogen and oxygen atoms in total. The van der Waals surface area contributed by atoms with Gasteiger partial charge in [0.25, 0.3) is 0 Å². The molecule has 0 unspecified atom stereocenters. The van der Waals surface area contributed by atoms with Gasteiger partial charge in [0.1, 0.15) is 0 Å². The number of fused-ring (bicyclic) bond motifs is 1. The van der Waals surface area contributed by atoms with Gasteiger partial charge in [-0.3, -0.25) is 0 Å². The van der Waals surface area contributed by atoms with E-state index in [1.807, 2.05) is 12.1 Å². The van der Waals surface area contributed by atoms with E-state index in [1.54, 1.807) is 5.57 Å². The van der Waals surface area contributed by atoms with E-state index in [-0.39, 0.29) is 0 Å². The van der Waals surface area contributed by atoms with Crippen LogP contribution < -0.4 is 0 Å². The van der Waals surface area contributed by atoms with Crippen molar-refractivity contribution in [1.82, 2.24) is 0 Å². The highest BCUT2D eigenvalue weighted by molar-refractivity contribution is 6.32. The van der Waals surface area contributed by atoms with E-state index in [4.69, 9.17) is 11.6 Å². The van der Waals surface area contributed by atoms with Crippen LogP contribution in [-0.4, -0.2) is 0 Å². The van der Waals surface area contributed by atoms with Gasteiger partial charge in [-0.2, -0.15) is 0 Å². The van der Waals surface area contributed by atoms with Crippen LogP contribution in [0.1, 0.15) is 37.3 Å². The smallest absolute Gasteiger partial charge is 0.0481 e.